The molecule has 58 valence electrons. The second-order valence-electron chi connectivity index (χ2n) is 1.78. The van der Waals surface area contributed by atoms with Crippen molar-refractivity contribution >= 4 is 11.7 Å². The zero-order valence-electron chi connectivity index (χ0n) is 6.26. The Labute approximate surface area is 60.1 Å². The van der Waals surface area contributed by atoms with Gasteiger partial charge in [0.05, 0.1) is 5.84 Å². The Bertz CT molecular complexity index is 139. The van der Waals surface area contributed by atoms with Crippen LogP contribution < -0.4 is 5.73 Å². The second kappa shape index (κ2) is 4.93. The van der Waals surface area contributed by atoms with E-state index in [0.29, 0.717) is 6.61 Å². The smallest absolute Gasteiger partial charge is 0.273 e. The molecular weight excluding hydrogens is 132 g/mol. The summed E-state index contributed by atoms with van der Waals surface area (Å²) in [6, 6.07) is 0. The van der Waals surface area contributed by atoms with Crippen molar-refractivity contribution in [1.82, 2.24) is 0 Å². The Morgan fingerprint density at radius 2 is 2.30 bits per heavy atom. The van der Waals surface area contributed by atoms with Crippen LogP contribution in [0.15, 0.2) is 4.99 Å². The number of nitrogens with zero attached hydrogens (tertiary/aromatic N) is 1. The normalized spacial score (nSPS) is 11.6. The summed E-state index contributed by atoms with van der Waals surface area (Å²) in [6.45, 7) is 3.91. The zero-order chi connectivity index (χ0) is 7.98. The number of hydrogen-bond acceptors (Lipinski definition) is 2. The standard InChI is InChI=1S/C6H12N2O2/c1-3-10-4-6(9)8-5(2)7/h3-4H2,1-2H3,(H2,7,8,9). The summed E-state index contributed by atoms with van der Waals surface area (Å²) >= 11 is 0. The van der Waals surface area contributed by atoms with Crippen molar-refractivity contribution in [2.24, 2.45) is 10.7 Å². The van der Waals surface area contributed by atoms with Crippen molar-refractivity contribution in [2.75, 3.05) is 13.2 Å². The number of nitrogens with two attached hydrogens (primary N) is 1. The fourth-order valence-corrected chi connectivity index (χ4v) is 0.418. The van der Waals surface area contributed by atoms with Crippen molar-refractivity contribution in [3.8, 4) is 0 Å². The molecule has 0 atom stereocenters. The molecule has 0 radical (unpaired) electrons. The Morgan fingerprint density at radius 1 is 1.70 bits per heavy atom. The van der Waals surface area contributed by atoms with Crippen molar-refractivity contribution in [3.63, 3.8) is 0 Å². The molecule has 0 fully saturated rings. The summed E-state index contributed by atoms with van der Waals surface area (Å²) in [5.74, 6) is -0.0634. The topological polar surface area (TPSA) is 64.7 Å². The van der Waals surface area contributed by atoms with Gasteiger partial charge in [0, 0.05) is 6.61 Å². The third-order valence-corrected chi connectivity index (χ3v) is 0.731. The number of hydrogen-bond donors (Lipinski definition) is 1. The molecule has 0 spiro atoms. The maximum Gasteiger partial charge on any atom is 0.273 e. The van der Waals surface area contributed by atoms with E-state index in [1.165, 1.54) is 0 Å². The maximum absolute atomic E-state index is 10.6. The largest absolute Gasteiger partial charge is 0.387 e. The van der Waals surface area contributed by atoms with E-state index in [1.807, 2.05) is 6.92 Å². The number of carbonyl (C=O) groups excluding carboxylic acids is 1. The Morgan fingerprint density at radius 3 is 2.70 bits per heavy atom. The minimum absolute atomic E-state index is 0.0189. The molecular formula is C6H12N2O2. The van der Waals surface area contributed by atoms with Crippen LogP contribution in [0.25, 0.3) is 0 Å². The van der Waals surface area contributed by atoms with Crippen LogP contribution in [-0.2, 0) is 9.53 Å². The molecule has 0 aliphatic carbocycles. The molecule has 4 nitrogen and oxygen atoms in total. The molecule has 10 heavy (non-hydrogen) atoms. The first-order chi connectivity index (χ1) is 4.66. The molecule has 0 bridgehead atoms. The number of amides is 1. The first kappa shape index (κ1) is 9.10. The van der Waals surface area contributed by atoms with E-state index >= 15 is 0 Å². The molecule has 0 aliphatic heterocycles. The van der Waals surface area contributed by atoms with Crippen molar-refractivity contribution in [1.29, 1.82) is 0 Å². The highest BCUT2D eigenvalue weighted by Gasteiger charge is 1.96. The number of carbonyl (C=O) groups is 1. The van der Waals surface area contributed by atoms with Gasteiger partial charge < -0.3 is 10.5 Å². The summed E-state index contributed by atoms with van der Waals surface area (Å²) in [6.07, 6.45) is 0. The van der Waals surface area contributed by atoms with Gasteiger partial charge in [-0.2, -0.15) is 4.99 Å². The predicted molar refractivity (Wildman–Crippen MR) is 38.8 cm³/mol. The minimum atomic E-state index is -0.332. The number of amidine groups is 1. The summed E-state index contributed by atoms with van der Waals surface area (Å²) in [5.41, 5.74) is 5.14. The number of rotatable bonds is 3. The van der Waals surface area contributed by atoms with Crippen LogP contribution in [0, 0.1) is 0 Å². The average Bonchev–Trinajstić information content (AvgIpc) is 1.82. The van der Waals surface area contributed by atoms with Gasteiger partial charge in [0.15, 0.2) is 0 Å². The molecule has 0 saturated heterocycles. The molecule has 0 saturated carbocycles. The Kier molecular flexibility index (Phi) is 4.49. The van der Waals surface area contributed by atoms with Gasteiger partial charge >= 0.3 is 0 Å². The molecule has 0 unspecified atom stereocenters. The van der Waals surface area contributed by atoms with Crippen LogP contribution in [-0.4, -0.2) is 25.0 Å². The minimum Gasteiger partial charge on any atom is -0.387 e. The third-order valence-electron chi connectivity index (χ3n) is 0.731. The molecule has 0 aliphatic rings. The second-order valence-corrected chi connectivity index (χ2v) is 1.78. The van der Waals surface area contributed by atoms with Gasteiger partial charge in [0.25, 0.3) is 5.91 Å². The first-order valence-corrected chi connectivity index (χ1v) is 3.08. The summed E-state index contributed by atoms with van der Waals surface area (Å²) in [5, 5.41) is 0. The van der Waals surface area contributed by atoms with Gasteiger partial charge in [-0.1, -0.05) is 0 Å². The summed E-state index contributed by atoms with van der Waals surface area (Å²) in [7, 11) is 0. The van der Waals surface area contributed by atoms with Crippen molar-refractivity contribution in [3.05, 3.63) is 0 Å². The van der Waals surface area contributed by atoms with Crippen LogP contribution >= 0.6 is 0 Å². The van der Waals surface area contributed by atoms with Gasteiger partial charge in [-0.25, -0.2) is 0 Å². The Hall–Kier alpha value is -0.900. The SMILES string of the molecule is CCOCC(=O)N=C(C)N. The molecule has 0 heterocycles. The van der Waals surface area contributed by atoms with Crippen molar-refractivity contribution < 1.29 is 9.53 Å². The lowest BCUT2D eigenvalue weighted by molar-refractivity contribution is -0.122. The molecule has 2 N–H and O–H groups in total. The summed E-state index contributed by atoms with van der Waals surface area (Å²) in [4.78, 5) is 14.1. The predicted octanol–water partition coefficient (Wildman–Crippen LogP) is -0.0734. The van der Waals surface area contributed by atoms with E-state index in [4.69, 9.17) is 10.5 Å². The van der Waals surface area contributed by atoms with Gasteiger partial charge in [-0.05, 0) is 13.8 Å². The molecule has 0 aromatic rings. The molecule has 1 amide bonds. The highest BCUT2D eigenvalue weighted by atomic mass is 16.5. The highest BCUT2D eigenvalue weighted by Crippen LogP contribution is 1.78. The lowest BCUT2D eigenvalue weighted by atomic mass is 10.6. The average molecular weight is 144 g/mol. The van der Waals surface area contributed by atoms with E-state index < -0.39 is 0 Å². The summed E-state index contributed by atoms with van der Waals surface area (Å²) < 4.78 is 4.78. The van der Waals surface area contributed by atoms with Crippen LogP contribution in [0.5, 0.6) is 0 Å². The number of ether oxygens (including phenoxy) is 1. The van der Waals surface area contributed by atoms with Gasteiger partial charge in [0.2, 0.25) is 0 Å². The fraction of sp³-hybridized carbons (Fsp3) is 0.667. The fourth-order valence-electron chi connectivity index (χ4n) is 0.418. The van der Waals surface area contributed by atoms with E-state index in [2.05, 4.69) is 4.99 Å². The lowest BCUT2D eigenvalue weighted by Gasteiger charge is -1.94. The van der Waals surface area contributed by atoms with E-state index in [9.17, 15) is 4.79 Å². The van der Waals surface area contributed by atoms with Crippen molar-refractivity contribution in [2.45, 2.75) is 13.8 Å². The lowest BCUT2D eigenvalue weighted by Crippen LogP contribution is -2.12. The molecule has 4 heteroatoms. The van der Waals surface area contributed by atoms with Gasteiger partial charge in [-0.15, -0.1) is 0 Å². The van der Waals surface area contributed by atoms with E-state index in [-0.39, 0.29) is 18.3 Å². The van der Waals surface area contributed by atoms with E-state index in [1.54, 1.807) is 6.92 Å². The van der Waals surface area contributed by atoms with Crippen LogP contribution in [0.2, 0.25) is 0 Å². The van der Waals surface area contributed by atoms with Gasteiger partial charge in [0.1, 0.15) is 6.61 Å². The van der Waals surface area contributed by atoms with E-state index in [0.717, 1.165) is 0 Å². The van der Waals surface area contributed by atoms with Gasteiger partial charge in [-0.3, -0.25) is 4.79 Å². The molecule has 0 rings (SSSR count). The van der Waals surface area contributed by atoms with Crippen LogP contribution in [0.4, 0.5) is 0 Å². The first-order valence-electron chi connectivity index (χ1n) is 3.08. The van der Waals surface area contributed by atoms with Crippen LogP contribution in [0.3, 0.4) is 0 Å². The quantitative estimate of drug-likeness (QED) is 0.445. The Balaban J connectivity index is 3.54. The third kappa shape index (κ3) is 5.24. The monoisotopic (exact) mass is 144 g/mol. The molecule has 0 aromatic heterocycles. The van der Waals surface area contributed by atoms with Crippen LogP contribution in [0.1, 0.15) is 13.8 Å². The number of aliphatic imine (C=N–C) groups is 1. The molecule has 0 aromatic carbocycles. The maximum atomic E-state index is 10.6. The zero-order valence-corrected chi connectivity index (χ0v) is 6.26. The highest BCUT2D eigenvalue weighted by molar-refractivity contribution is 5.92.